The molecule has 6 heteroatoms. The van der Waals surface area contributed by atoms with Gasteiger partial charge in [-0.25, -0.2) is 0 Å². The van der Waals surface area contributed by atoms with Crippen LogP contribution in [0.5, 0.6) is 0 Å². The Bertz CT molecular complexity index is 4610. The van der Waals surface area contributed by atoms with Crippen LogP contribution in [0.4, 0.5) is 34.1 Å². The van der Waals surface area contributed by atoms with Crippen molar-refractivity contribution in [2.75, 3.05) is 9.80 Å². The van der Waals surface area contributed by atoms with Crippen LogP contribution in [-0.4, -0.2) is 0 Å². The lowest BCUT2D eigenvalue weighted by atomic mass is 10.0. The Labute approximate surface area is 420 Å². The minimum atomic E-state index is 0.842. The number of hydrogen-bond acceptors (Lipinski definition) is 6. The maximum Gasteiger partial charge on any atom is 0.137 e. The predicted molar refractivity (Wildman–Crippen MR) is 309 cm³/mol. The van der Waals surface area contributed by atoms with E-state index in [9.17, 15) is 0 Å². The van der Waals surface area contributed by atoms with Crippen LogP contribution in [-0.2, 0) is 0 Å². The Morgan fingerprint density at radius 1 is 0.222 bits per heavy atom. The van der Waals surface area contributed by atoms with Gasteiger partial charge >= 0.3 is 0 Å². The number of benzene rings is 12. The van der Waals surface area contributed by atoms with Crippen LogP contribution >= 0.6 is 22.7 Å². The second-order valence-corrected chi connectivity index (χ2v) is 21.1. The third kappa shape index (κ3) is 6.16. The SMILES string of the molecule is c1ccc2cc(N(c3ccc4c(c3)oc3cc5cc6oc7cc(N(c8ccc9ccccc9c8)c8ccc9sc%10ccccc%10c9c8)ccc7c6cc5cc34)c3ccc4sc5ccccc5c4c3)ccc2c1. The Morgan fingerprint density at radius 3 is 1.08 bits per heavy atom. The second kappa shape index (κ2) is 15.3. The Kier molecular flexibility index (Phi) is 8.46. The summed E-state index contributed by atoms with van der Waals surface area (Å²) in [6.45, 7) is 0. The van der Waals surface area contributed by atoms with Gasteiger partial charge < -0.3 is 18.6 Å². The van der Waals surface area contributed by atoms with E-state index in [4.69, 9.17) is 8.83 Å². The highest BCUT2D eigenvalue weighted by Crippen LogP contribution is 2.46. The number of rotatable bonds is 6. The van der Waals surface area contributed by atoms with Crippen LogP contribution in [0.1, 0.15) is 0 Å². The molecular formula is C66H38N2O2S2. The molecular weight excluding hydrogens is 917 g/mol. The molecule has 4 nitrogen and oxygen atoms in total. The Hall–Kier alpha value is -8.94. The van der Waals surface area contributed by atoms with Crippen LogP contribution in [0.3, 0.4) is 0 Å². The van der Waals surface area contributed by atoms with E-state index in [2.05, 4.69) is 240 Å². The molecule has 0 saturated heterocycles. The van der Waals surface area contributed by atoms with E-state index < -0.39 is 0 Å². The number of anilines is 6. The van der Waals surface area contributed by atoms with Crippen molar-refractivity contribution in [3.63, 3.8) is 0 Å². The number of nitrogens with zero attached hydrogens (tertiary/aromatic N) is 2. The van der Waals surface area contributed by atoms with Gasteiger partial charge in [-0.15, -0.1) is 22.7 Å². The lowest BCUT2D eigenvalue weighted by Gasteiger charge is -2.26. The smallest absolute Gasteiger partial charge is 0.137 e. The van der Waals surface area contributed by atoms with Crippen molar-refractivity contribution in [2.24, 2.45) is 0 Å². The zero-order valence-electron chi connectivity index (χ0n) is 38.5. The number of furan rings is 2. The van der Waals surface area contributed by atoms with E-state index in [0.717, 1.165) is 88.8 Å². The molecule has 0 saturated carbocycles. The molecule has 4 heterocycles. The van der Waals surface area contributed by atoms with Crippen LogP contribution in [0.25, 0.3) is 117 Å². The zero-order chi connectivity index (χ0) is 47.0. The molecule has 0 radical (unpaired) electrons. The summed E-state index contributed by atoms with van der Waals surface area (Å²) in [7, 11) is 0. The van der Waals surface area contributed by atoms with Crippen molar-refractivity contribution < 1.29 is 8.83 Å². The van der Waals surface area contributed by atoms with Crippen molar-refractivity contribution in [1.29, 1.82) is 0 Å². The maximum atomic E-state index is 6.82. The van der Waals surface area contributed by atoms with E-state index in [-0.39, 0.29) is 0 Å². The predicted octanol–water partition coefficient (Wildman–Crippen LogP) is 20.6. The summed E-state index contributed by atoms with van der Waals surface area (Å²) in [6, 6.07) is 83.9. The van der Waals surface area contributed by atoms with Gasteiger partial charge in [-0.1, -0.05) is 97.1 Å². The van der Waals surface area contributed by atoms with E-state index in [1.165, 1.54) is 61.9 Å². The first kappa shape index (κ1) is 39.9. The molecule has 0 fully saturated rings. The van der Waals surface area contributed by atoms with Crippen molar-refractivity contribution in [2.45, 2.75) is 0 Å². The first-order valence-electron chi connectivity index (χ1n) is 24.3. The van der Waals surface area contributed by atoms with Gasteiger partial charge in [0.1, 0.15) is 22.3 Å². The van der Waals surface area contributed by atoms with Gasteiger partial charge in [0.25, 0.3) is 0 Å². The van der Waals surface area contributed by atoms with Crippen molar-refractivity contribution in [3.8, 4) is 0 Å². The van der Waals surface area contributed by atoms with Crippen LogP contribution < -0.4 is 9.80 Å². The van der Waals surface area contributed by atoms with Crippen LogP contribution in [0, 0.1) is 0 Å². The molecule has 0 aliphatic carbocycles. The molecule has 0 unspecified atom stereocenters. The van der Waals surface area contributed by atoms with Crippen LogP contribution in [0.2, 0.25) is 0 Å². The third-order valence-electron chi connectivity index (χ3n) is 14.7. The summed E-state index contributed by atoms with van der Waals surface area (Å²) in [6.07, 6.45) is 0. The Morgan fingerprint density at radius 2 is 0.583 bits per heavy atom. The van der Waals surface area contributed by atoms with E-state index in [1.54, 1.807) is 0 Å². The minimum absolute atomic E-state index is 0.842. The Balaban J connectivity index is 0.810. The highest BCUT2D eigenvalue weighted by Gasteiger charge is 2.21. The summed E-state index contributed by atoms with van der Waals surface area (Å²) in [5.74, 6) is 0. The summed E-state index contributed by atoms with van der Waals surface area (Å²) in [5.41, 5.74) is 9.81. The largest absolute Gasteiger partial charge is 0.456 e. The van der Waals surface area contributed by atoms with Gasteiger partial charge in [-0.2, -0.15) is 0 Å². The van der Waals surface area contributed by atoms with E-state index in [0.29, 0.717) is 0 Å². The van der Waals surface area contributed by atoms with Gasteiger partial charge in [0.2, 0.25) is 0 Å². The molecule has 4 aromatic heterocycles. The minimum Gasteiger partial charge on any atom is -0.456 e. The summed E-state index contributed by atoms with van der Waals surface area (Å²) in [4.78, 5) is 4.72. The van der Waals surface area contributed by atoms with Crippen LogP contribution in [0.15, 0.2) is 239 Å². The second-order valence-electron chi connectivity index (χ2n) is 18.9. The van der Waals surface area contributed by atoms with Gasteiger partial charge in [0.15, 0.2) is 0 Å². The van der Waals surface area contributed by atoms with Gasteiger partial charge in [0, 0.05) is 108 Å². The summed E-state index contributed by atoms with van der Waals surface area (Å²) < 4.78 is 18.8. The van der Waals surface area contributed by atoms with Gasteiger partial charge in [-0.3, -0.25) is 0 Å². The first-order valence-corrected chi connectivity index (χ1v) is 25.9. The fraction of sp³-hybridized carbons (Fsp3) is 0. The van der Waals surface area contributed by atoms with Gasteiger partial charge in [-0.05, 0) is 154 Å². The molecule has 16 aromatic rings. The average Bonchev–Trinajstić information content (AvgIpc) is 4.19. The lowest BCUT2D eigenvalue weighted by molar-refractivity contribution is 0.668. The molecule has 0 bridgehead atoms. The zero-order valence-corrected chi connectivity index (χ0v) is 40.1. The third-order valence-corrected chi connectivity index (χ3v) is 17.0. The molecule has 0 N–H and O–H groups in total. The normalized spacial score (nSPS) is 12.2. The van der Waals surface area contributed by atoms with Crippen molar-refractivity contribution in [3.05, 3.63) is 231 Å². The number of hydrogen-bond donors (Lipinski definition) is 0. The van der Waals surface area contributed by atoms with Gasteiger partial charge in [0.05, 0.1) is 0 Å². The molecule has 0 amide bonds. The number of thiophene rings is 2. The molecule has 12 aromatic carbocycles. The van der Waals surface area contributed by atoms with Crippen molar-refractivity contribution in [1.82, 2.24) is 0 Å². The number of fused-ring (bicyclic) bond motifs is 15. The van der Waals surface area contributed by atoms with Crippen molar-refractivity contribution >= 4 is 173 Å². The highest BCUT2D eigenvalue weighted by molar-refractivity contribution is 7.26. The molecule has 0 aliphatic heterocycles. The molecule has 72 heavy (non-hydrogen) atoms. The fourth-order valence-electron chi connectivity index (χ4n) is 11.3. The molecule has 16 rings (SSSR count). The highest BCUT2D eigenvalue weighted by atomic mass is 32.1. The lowest BCUT2D eigenvalue weighted by Crippen LogP contribution is -2.09. The average molecular weight is 955 g/mol. The molecule has 0 spiro atoms. The van der Waals surface area contributed by atoms with E-state index >= 15 is 0 Å². The monoisotopic (exact) mass is 954 g/mol. The maximum absolute atomic E-state index is 6.82. The summed E-state index contributed by atoms with van der Waals surface area (Å²) >= 11 is 3.68. The first-order chi connectivity index (χ1) is 35.6. The topological polar surface area (TPSA) is 32.8 Å². The molecule has 336 valence electrons. The summed E-state index contributed by atoms with van der Waals surface area (Å²) in [5, 5.41) is 16.4. The fourth-order valence-corrected chi connectivity index (χ4v) is 13.5. The molecule has 0 atom stereocenters. The van der Waals surface area contributed by atoms with E-state index in [1.807, 2.05) is 22.7 Å². The molecule has 0 aliphatic rings. The standard InChI is InChI=1S/C66H38N2O2S2/c1-3-11-41-29-45(19-17-39(41)9-1)67(47-23-27-65-57(35-47)53-13-5-7-15-63(53)71-65)49-21-25-51-55-31-43-32-56-52-26-22-50(38-62(52)70-60(56)34-44(43)33-59(55)69-61(51)37-49)68(46-20-18-40-10-2-4-12-42(40)30-46)48-24-28-66-58(36-48)54-14-6-8-16-64(54)72-66/h1-38H. The quantitative estimate of drug-likeness (QED) is 0.166.